The van der Waals surface area contributed by atoms with Crippen LogP contribution in [-0.2, 0) is 10.3 Å². The monoisotopic (exact) mass is 292 g/mol. The summed E-state index contributed by atoms with van der Waals surface area (Å²) in [7, 11) is 1.68. The van der Waals surface area contributed by atoms with Gasteiger partial charge in [-0.2, -0.15) is 0 Å². The van der Waals surface area contributed by atoms with Crippen LogP contribution in [0.3, 0.4) is 0 Å². The quantitative estimate of drug-likeness (QED) is 0.941. The number of aromatic amines is 1. The summed E-state index contributed by atoms with van der Waals surface area (Å²) in [5, 5.41) is 6.49. The predicted octanol–water partition coefficient (Wildman–Crippen LogP) is 2.85. The van der Waals surface area contributed by atoms with Crippen LogP contribution in [0.1, 0.15) is 18.4 Å². The van der Waals surface area contributed by atoms with Crippen molar-refractivity contribution in [2.75, 3.05) is 7.11 Å². The summed E-state index contributed by atoms with van der Waals surface area (Å²) in [6.07, 6.45) is 1.88. The van der Waals surface area contributed by atoms with Gasteiger partial charge >= 0.3 is 0 Å². The Labute approximate surface area is 120 Å². The van der Waals surface area contributed by atoms with Crippen molar-refractivity contribution in [2.45, 2.75) is 18.4 Å². The molecular formula is C14H13ClN2O3. The molecule has 1 aliphatic rings. The highest BCUT2D eigenvalue weighted by atomic mass is 35.5. The maximum atomic E-state index is 11.8. The summed E-state index contributed by atoms with van der Waals surface area (Å²) in [6.45, 7) is 0. The normalized spacial score (nSPS) is 15.9. The summed E-state index contributed by atoms with van der Waals surface area (Å²) in [6, 6.07) is 8.73. The largest absolute Gasteiger partial charge is 0.434 e. The van der Waals surface area contributed by atoms with Crippen molar-refractivity contribution in [1.82, 2.24) is 10.2 Å². The molecule has 0 unspecified atom stereocenters. The average molecular weight is 293 g/mol. The van der Waals surface area contributed by atoms with Gasteiger partial charge in [0.1, 0.15) is 10.9 Å². The van der Waals surface area contributed by atoms with Gasteiger partial charge < -0.3 is 9.47 Å². The van der Waals surface area contributed by atoms with Crippen molar-refractivity contribution in [1.29, 1.82) is 0 Å². The molecule has 1 aromatic heterocycles. The molecule has 1 heterocycles. The van der Waals surface area contributed by atoms with Gasteiger partial charge in [-0.25, -0.2) is 0 Å². The summed E-state index contributed by atoms with van der Waals surface area (Å²) in [5.74, 6) is 0.543. The van der Waals surface area contributed by atoms with E-state index in [0.29, 0.717) is 5.75 Å². The topological polar surface area (TPSA) is 64.2 Å². The highest BCUT2D eigenvalue weighted by molar-refractivity contribution is 6.29. The number of rotatable bonds is 4. The molecule has 0 amide bonds. The Kier molecular flexibility index (Phi) is 3.23. The maximum absolute atomic E-state index is 11.8. The lowest BCUT2D eigenvalue weighted by atomic mass is 10.1. The molecule has 0 bridgehead atoms. The van der Waals surface area contributed by atoms with Crippen molar-refractivity contribution >= 4 is 11.6 Å². The van der Waals surface area contributed by atoms with E-state index >= 15 is 0 Å². The van der Waals surface area contributed by atoms with Crippen LogP contribution in [0.5, 0.6) is 11.6 Å². The third-order valence-corrected chi connectivity index (χ3v) is 3.61. The molecule has 1 saturated carbocycles. The lowest BCUT2D eigenvalue weighted by Crippen LogP contribution is -2.13. The van der Waals surface area contributed by atoms with E-state index in [-0.39, 0.29) is 22.1 Å². The minimum Gasteiger partial charge on any atom is -0.434 e. The molecule has 0 atom stereocenters. The van der Waals surface area contributed by atoms with Crippen molar-refractivity contribution in [2.24, 2.45) is 0 Å². The van der Waals surface area contributed by atoms with Crippen LogP contribution in [0.2, 0.25) is 5.15 Å². The highest BCUT2D eigenvalue weighted by Gasteiger charge is 2.46. The number of halogens is 1. The molecule has 2 aromatic rings. The number of nitrogens with one attached hydrogen (secondary N) is 1. The Morgan fingerprint density at radius 1 is 1.35 bits per heavy atom. The molecule has 20 heavy (non-hydrogen) atoms. The third-order valence-electron chi connectivity index (χ3n) is 3.41. The van der Waals surface area contributed by atoms with Crippen LogP contribution in [0, 0.1) is 0 Å². The molecule has 0 spiro atoms. The molecule has 6 heteroatoms. The van der Waals surface area contributed by atoms with Crippen LogP contribution < -0.4 is 10.2 Å². The van der Waals surface area contributed by atoms with Crippen LogP contribution in [-0.4, -0.2) is 17.3 Å². The molecule has 1 N–H and O–H groups in total. The minimum absolute atomic E-state index is 0.0336. The van der Waals surface area contributed by atoms with Gasteiger partial charge in [0.2, 0.25) is 5.43 Å². The number of hydrogen-bond acceptors (Lipinski definition) is 4. The van der Waals surface area contributed by atoms with Crippen LogP contribution in [0.15, 0.2) is 35.1 Å². The van der Waals surface area contributed by atoms with Gasteiger partial charge in [-0.05, 0) is 18.9 Å². The second-order valence-corrected chi connectivity index (χ2v) is 5.09. The molecule has 3 rings (SSSR count). The lowest BCUT2D eigenvalue weighted by Gasteiger charge is -2.17. The molecule has 1 fully saturated rings. The number of aromatic nitrogens is 2. The van der Waals surface area contributed by atoms with E-state index in [1.54, 1.807) is 13.2 Å². The van der Waals surface area contributed by atoms with Gasteiger partial charge in [-0.3, -0.25) is 9.89 Å². The fourth-order valence-corrected chi connectivity index (χ4v) is 2.32. The van der Waals surface area contributed by atoms with Gasteiger partial charge in [0, 0.05) is 18.7 Å². The fraction of sp³-hybridized carbons (Fsp3) is 0.286. The van der Waals surface area contributed by atoms with E-state index in [0.717, 1.165) is 18.4 Å². The highest BCUT2D eigenvalue weighted by Crippen LogP contribution is 2.51. The van der Waals surface area contributed by atoms with Gasteiger partial charge in [0.15, 0.2) is 0 Å². The second-order valence-electron chi connectivity index (χ2n) is 4.68. The number of benzene rings is 1. The zero-order valence-electron chi connectivity index (χ0n) is 10.9. The molecule has 0 aliphatic heterocycles. The van der Waals surface area contributed by atoms with Crippen molar-refractivity contribution in [3.05, 3.63) is 51.3 Å². The van der Waals surface area contributed by atoms with Gasteiger partial charge in [-0.15, -0.1) is 5.10 Å². The SMILES string of the molecule is COC1(c2ccccc2Oc2n[nH]c(Cl)cc2=O)CC1. The first kappa shape index (κ1) is 13.1. The Morgan fingerprint density at radius 3 is 2.75 bits per heavy atom. The summed E-state index contributed by atoms with van der Waals surface area (Å²) in [5.41, 5.74) is 0.264. The molecule has 5 nitrogen and oxygen atoms in total. The van der Waals surface area contributed by atoms with Crippen molar-refractivity contribution < 1.29 is 9.47 Å². The number of hydrogen-bond donors (Lipinski definition) is 1. The number of H-pyrrole nitrogens is 1. The van der Waals surface area contributed by atoms with Crippen LogP contribution in [0.4, 0.5) is 0 Å². The van der Waals surface area contributed by atoms with E-state index in [2.05, 4.69) is 10.2 Å². The Morgan fingerprint density at radius 2 is 2.10 bits per heavy atom. The first-order valence-corrected chi connectivity index (χ1v) is 6.60. The zero-order valence-corrected chi connectivity index (χ0v) is 11.6. The standard InChI is InChI=1S/C14H13ClN2O3/c1-19-14(6-7-14)9-4-2-3-5-11(9)20-13-10(18)8-12(15)16-17-13/h2-5,8H,6-7H2,1H3,(H,16,18). The summed E-state index contributed by atoms with van der Waals surface area (Å²) in [4.78, 5) is 11.8. The number of ether oxygens (including phenoxy) is 2. The number of nitrogens with zero attached hydrogens (tertiary/aromatic N) is 1. The summed E-state index contributed by atoms with van der Waals surface area (Å²) >= 11 is 5.66. The Balaban J connectivity index is 1.97. The smallest absolute Gasteiger partial charge is 0.285 e. The third kappa shape index (κ3) is 2.30. The van der Waals surface area contributed by atoms with E-state index in [1.165, 1.54) is 6.07 Å². The molecule has 1 aliphatic carbocycles. The second kappa shape index (κ2) is 4.92. The molecule has 104 valence electrons. The van der Waals surface area contributed by atoms with E-state index in [1.807, 2.05) is 18.2 Å². The maximum Gasteiger partial charge on any atom is 0.285 e. The fourth-order valence-electron chi connectivity index (χ4n) is 2.17. The number of methoxy groups -OCH3 is 1. The average Bonchev–Trinajstić information content (AvgIpc) is 3.23. The number of para-hydroxylation sites is 1. The first-order chi connectivity index (χ1) is 9.64. The Hall–Kier alpha value is -1.85. The van der Waals surface area contributed by atoms with Crippen molar-refractivity contribution in [3.63, 3.8) is 0 Å². The summed E-state index contributed by atoms with van der Waals surface area (Å²) < 4.78 is 11.2. The molecule has 0 saturated heterocycles. The van der Waals surface area contributed by atoms with E-state index < -0.39 is 0 Å². The molecule has 0 radical (unpaired) electrons. The predicted molar refractivity (Wildman–Crippen MR) is 74.3 cm³/mol. The van der Waals surface area contributed by atoms with Gasteiger partial charge in [0.25, 0.3) is 5.88 Å². The molecule has 1 aromatic carbocycles. The van der Waals surface area contributed by atoms with Crippen LogP contribution in [0.25, 0.3) is 0 Å². The van der Waals surface area contributed by atoms with Crippen molar-refractivity contribution in [3.8, 4) is 11.6 Å². The molecular weight excluding hydrogens is 280 g/mol. The van der Waals surface area contributed by atoms with Crippen LogP contribution >= 0.6 is 11.6 Å². The van der Waals surface area contributed by atoms with E-state index in [4.69, 9.17) is 21.1 Å². The Bertz CT molecular complexity index is 695. The lowest BCUT2D eigenvalue weighted by molar-refractivity contribution is 0.0769. The first-order valence-electron chi connectivity index (χ1n) is 6.22. The van der Waals surface area contributed by atoms with Gasteiger partial charge in [-0.1, -0.05) is 29.8 Å². The van der Waals surface area contributed by atoms with Gasteiger partial charge in [0.05, 0.1) is 5.60 Å². The zero-order chi connectivity index (χ0) is 14.2. The van der Waals surface area contributed by atoms with E-state index in [9.17, 15) is 4.79 Å². The minimum atomic E-state index is -0.370.